The van der Waals surface area contributed by atoms with Crippen LogP contribution in [0.25, 0.3) is 11.4 Å². The molecule has 7 nitrogen and oxygen atoms in total. The predicted octanol–water partition coefficient (Wildman–Crippen LogP) is 4.77. The maximum Gasteiger partial charge on any atom is 0.255 e. The van der Waals surface area contributed by atoms with Crippen LogP contribution < -0.4 is 10.6 Å². The van der Waals surface area contributed by atoms with Gasteiger partial charge in [0.15, 0.2) is 11.0 Å². The molecular formula is C25H23N5O2S. The highest BCUT2D eigenvalue weighted by molar-refractivity contribution is 7.99. The Morgan fingerprint density at radius 3 is 2.39 bits per heavy atom. The summed E-state index contributed by atoms with van der Waals surface area (Å²) >= 11 is 1.31. The molecule has 0 saturated heterocycles. The minimum absolute atomic E-state index is 0.114. The zero-order valence-corrected chi connectivity index (χ0v) is 19.1. The van der Waals surface area contributed by atoms with E-state index in [1.54, 1.807) is 6.07 Å². The van der Waals surface area contributed by atoms with E-state index < -0.39 is 0 Å². The smallest absolute Gasteiger partial charge is 0.255 e. The molecule has 0 fully saturated rings. The molecule has 0 atom stereocenters. The molecule has 33 heavy (non-hydrogen) atoms. The van der Waals surface area contributed by atoms with Gasteiger partial charge in [-0.3, -0.25) is 9.59 Å². The van der Waals surface area contributed by atoms with E-state index in [9.17, 15) is 9.59 Å². The maximum atomic E-state index is 12.6. The van der Waals surface area contributed by atoms with Crippen molar-refractivity contribution in [3.63, 3.8) is 0 Å². The van der Waals surface area contributed by atoms with Crippen LogP contribution >= 0.6 is 11.8 Å². The molecule has 0 aliphatic carbocycles. The summed E-state index contributed by atoms with van der Waals surface area (Å²) in [6.07, 6.45) is 0. The molecule has 166 valence electrons. The van der Waals surface area contributed by atoms with Gasteiger partial charge in [-0.05, 0) is 42.8 Å². The second kappa shape index (κ2) is 10.1. The monoisotopic (exact) mass is 457 g/mol. The molecule has 0 saturated carbocycles. The van der Waals surface area contributed by atoms with Crippen LogP contribution in [0.15, 0.2) is 84.0 Å². The standard InChI is InChI=1S/C25H23N5O2S/c1-17-9-6-7-14-21(17)24(32)27-20-13-8-10-18(15-20)23-28-29-25(30(23)2)33-16-22(31)26-19-11-4-3-5-12-19/h3-15H,16H2,1-2H3,(H,26,31)(H,27,32). The van der Waals surface area contributed by atoms with Crippen LogP contribution in [-0.2, 0) is 11.8 Å². The lowest BCUT2D eigenvalue weighted by Gasteiger charge is -2.09. The van der Waals surface area contributed by atoms with Crippen LogP contribution in [0.2, 0.25) is 0 Å². The fourth-order valence-corrected chi connectivity index (χ4v) is 4.01. The highest BCUT2D eigenvalue weighted by Crippen LogP contribution is 2.25. The highest BCUT2D eigenvalue weighted by atomic mass is 32.2. The SMILES string of the molecule is Cc1ccccc1C(=O)Nc1cccc(-c2nnc(SCC(=O)Nc3ccccc3)n2C)c1. The van der Waals surface area contributed by atoms with Crippen LogP contribution in [0.1, 0.15) is 15.9 Å². The first-order valence-electron chi connectivity index (χ1n) is 10.4. The van der Waals surface area contributed by atoms with E-state index in [1.165, 1.54) is 11.8 Å². The molecule has 0 bridgehead atoms. The van der Waals surface area contributed by atoms with E-state index in [-0.39, 0.29) is 17.6 Å². The number of nitrogens with one attached hydrogen (secondary N) is 2. The third-order valence-corrected chi connectivity index (χ3v) is 6.01. The van der Waals surface area contributed by atoms with Crippen LogP contribution in [0.3, 0.4) is 0 Å². The number of carbonyl (C=O) groups is 2. The van der Waals surface area contributed by atoms with Gasteiger partial charge in [-0.15, -0.1) is 10.2 Å². The van der Waals surface area contributed by atoms with Crippen molar-refractivity contribution >= 4 is 35.0 Å². The van der Waals surface area contributed by atoms with Crippen molar-refractivity contribution in [3.8, 4) is 11.4 Å². The molecule has 0 radical (unpaired) electrons. The van der Waals surface area contributed by atoms with Crippen molar-refractivity contribution in [2.45, 2.75) is 12.1 Å². The maximum absolute atomic E-state index is 12.6. The van der Waals surface area contributed by atoms with E-state index in [0.717, 1.165) is 16.8 Å². The molecule has 4 aromatic rings. The Hall–Kier alpha value is -3.91. The number of carbonyl (C=O) groups excluding carboxylic acids is 2. The van der Waals surface area contributed by atoms with Gasteiger partial charge in [0.2, 0.25) is 5.91 Å². The Morgan fingerprint density at radius 1 is 0.879 bits per heavy atom. The second-order valence-electron chi connectivity index (χ2n) is 7.42. The van der Waals surface area contributed by atoms with Gasteiger partial charge in [-0.2, -0.15) is 0 Å². The van der Waals surface area contributed by atoms with E-state index in [4.69, 9.17) is 0 Å². The number of rotatable bonds is 7. The van der Waals surface area contributed by atoms with Gasteiger partial charge >= 0.3 is 0 Å². The molecule has 2 N–H and O–H groups in total. The van der Waals surface area contributed by atoms with Crippen LogP contribution in [0.4, 0.5) is 11.4 Å². The van der Waals surface area contributed by atoms with Crippen molar-refractivity contribution in [2.24, 2.45) is 7.05 Å². The van der Waals surface area contributed by atoms with Gasteiger partial charge in [-0.25, -0.2) is 0 Å². The summed E-state index contributed by atoms with van der Waals surface area (Å²) < 4.78 is 1.84. The van der Waals surface area contributed by atoms with Crippen LogP contribution in [-0.4, -0.2) is 32.3 Å². The quantitative estimate of drug-likeness (QED) is 0.390. The van der Waals surface area contributed by atoms with E-state index >= 15 is 0 Å². The average molecular weight is 458 g/mol. The lowest BCUT2D eigenvalue weighted by atomic mass is 10.1. The first-order chi connectivity index (χ1) is 16.0. The number of amides is 2. The first-order valence-corrected chi connectivity index (χ1v) is 11.3. The van der Waals surface area contributed by atoms with Gasteiger partial charge in [0.1, 0.15) is 0 Å². The third kappa shape index (κ3) is 5.48. The van der Waals surface area contributed by atoms with Crippen LogP contribution in [0.5, 0.6) is 0 Å². The lowest BCUT2D eigenvalue weighted by molar-refractivity contribution is -0.113. The Bertz CT molecular complexity index is 1290. The summed E-state index contributed by atoms with van der Waals surface area (Å²) in [5, 5.41) is 14.9. The zero-order valence-electron chi connectivity index (χ0n) is 18.3. The molecule has 8 heteroatoms. The number of nitrogens with zero attached hydrogens (tertiary/aromatic N) is 3. The van der Waals surface area contributed by atoms with Gasteiger partial charge in [0.05, 0.1) is 5.75 Å². The third-order valence-electron chi connectivity index (χ3n) is 4.99. The summed E-state index contributed by atoms with van der Waals surface area (Å²) in [4.78, 5) is 24.9. The number of hydrogen-bond donors (Lipinski definition) is 2. The summed E-state index contributed by atoms with van der Waals surface area (Å²) in [6, 6.07) is 24.2. The highest BCUT2D eigenvalue weighted by Gasteiger charge is 2.14. The number of para-hydroxylation sites is 1. The molecule has 2 amide bonds. The number of aromatic nitrogens is 3. The molecule has 0 aliphatic heterocycles. The van der Waals surface area contributed by atoms with Gasteiger partial charge in [-0.1, -0.05) is 60.3 Å². The molecule has 1 aromatic heterocycles. The van der Waals surface area contributed by atoms with Crippen molar-refractivity contribution in [1.29, 1.82) is 0 Å². The summed E-state index contributed by atoms with van der Waals surface area (Å²) in [7, 11) is 1.85. The van der Waals surface area contributed by atoms with E-state index in [2.05, 4.69) is 20.8 Å². The molecule has 0 unspecified atom stereocenters. The largest absolute Gasteiger partial charge is 0.325 e. The topological polar surface area (TPSA) is 88.9 Å². The number of hydrogen-bond acceptors (Lipinski definition) is 5. The fourth-order valence-electron chi connectivity index (χ4n) is 3.30. The second-order valence-corrected chi connectivity index (χ2v) is 8.36. The number of anilines is 2. The molecule has 4 rings (SSSR count). The first kappa shape index (κ1) is 22.3. The minimum atomic E-state index is -0.163. The van der Waals surface area contributed by atoms with Gasteiger partial charge < -0.3 is 15.2 Å². The molecule has 0 spiro atoms. The van der Waals surface area contributed by atoms with Gasteiger partial charge in [0, 0.05) is 29.5 Å². The minimum Gasteiger partial charge on any atom is -0.325 e. The normalized spacial score (nSPS) is 10.6. The Labute approximate surface area is 196 Å². The van der Waals surface area contributed by atoms with Crippen molar-refractivity contribution in [1.82, 2.24) is 14.8 Å². The molecule has 0 aliphatic rings. The van der Waals surface area contributed by atoms with E-state index in [0.29, 0.717) is 22.2 Å². The van der Waals surface area contributed by atoms with Crippen LogP contribution in [0, 0.1) is 6.92 Å². The summed E-state index contributed by atoms with van der Waals surface area (Å²) in [5.74, 6) is 0.585. The molecule has 1 heterocycles. The van der Waals surface area contributed by atoms with Gasteiger partial charge in [0.25, 0.3) is 5.91 Å². The van der Waals surface area contributed by atoms with Crippen molar-refractivity contribution in [3.05, 3.63) is 90.0 Å². The Morgan fingerprint density at radius 2 is 1.61 bits per heavy atom. The molecular weight excluding hydrogens is 434 g/mol. The van der Waals surface area contributed by atoms with E-state index in [1.807, 2.05) is 91.3 Å². The summed E-state index contributed by atoms with van der Waals surface area (Å²) in [6.45, 7) is 1.91. The molecule has 3 aromatic carbocycles. The Balaban J connectivity index is 1.43. The summed E-state index contributed by atoms with van der Waals surface area (Å²) in [5.41, 5.74) is 3.78. The van der Waals surface area contributed by atoms with Crippen molar-refractivity contribution < 1.29 is 9.59 Å². The average Bonchev–Trinajstić information content (AvgIpc) is 3.19. The zero-order chi connectivity index (χ0) is 23.2. The lowest BCUT2D eigenvalue weighted by Crippen LogP contribution is -2.14. The number of aryl methyl sites for hydroxylation is 1. The number of thioether (sulfide) groups is 1. The fraction of sp³-hybridized carbons (Fsp3) is 0.120. The Kier molecular flexibility index (Phi) is 6.85. The predicted molar refractivity (Wildman–Crippen MR) is 131 cm³/mol. The van der Waals surface area contributed by atoms with Crippen molar-refractivity contribution in [2.75, 3.05) is 16.4 Å². The number of benzene rings is 3.